The first-order valence-corrected chi connectivity index (χ1v) is 4.86. The summed E-state index contributed by atoms with van der Waals surface area (Å²) in [4.78, 5) is 4.35. The molecule has 0 amide bonds. The minimum absolute atomic E-state index is 0.785. The topological polar surface area (TPSA) is 56.7 Å². The largest absolute Gasteiger partial charge is 0.399 e. The maximum atomic E-state index is 5.62. The number of benzene rings is 1. The van der Waals surface area contributed by atoms with Crippen LogP contribution in [0.1, 0.15) is 17.2 Å². The van der Waals surface area contributed by atoms with Gasteiger partial charge in [-0.1, -0.05) is 12.1 Å². The Kier molecular flexibility index (Phi) is 2.41. The van der Waals surface area contributed by atoms with Crippen molar-refractivity contribution in [2.75, 3.05) is 5.73 Å². The number of anilines is 1. The number of nitrogen functional groups attached to an aromatic ring is 1. The second-order valence-corrected chi connectivity index (χ2v) is 3.62. The highest BCUT2D eigenvalue weighted by Gasteiger charge is 2.04. The van der Waals surface area contributed by atoms with Gasteiger partial charge in [-0.3, -0.25) is 4.68 Å². The summed E-state index contributed by atoms with van der Waals surface area (Å²) in [6.45, 7) is 1.90. The van der Waals surface area contributed by atoms with Crippen molar-refractivity contribution in [1.29, 1.82) is 0 Å². The van der Waals surface area contributed by atoms with E-state index >= 15 is 0 Å². The number of aryl methyl sites for hydroxylation is 2. The fraction of sp³-hybridized carbons (Fsp3) is 0.273. The van der Waals surface area contributed by atoms with Crippen LogP contribution in [0, 0.1) is 6.92 Å². The summed E-state index contributed by atoms with van der Waals surface area (Å²) in [5, 5.41) is 4.21. The van der Waals surface area contributed by atoms with Crippen molar-refractivity contribution in [2.45, 2.75) is 13.3 Å². The molecule has 2 N–H and O–H groups in total. The van der Waals surface area contributed by atoms with Crippen molar-refractivity contribution in [3.8, 4) is 0 Å². The van der Waals surface area contributed by atoms with Crippen molar-refractivity contribution in [1.82, 2.24) is 14.8 Å². The highest BCUT2D eigenvalue weighted by atomic mass is 15.3. The predicted octanol–water partition coefficient (Wildman–Crippen LogP) is 1.30. The van der Waals surface area contributed by atoms with Gasteiger partial charge in [0.1, 0.15) is 11.6 Å². The van der Waals surface area contributed by atoms with Gasteiger partial charge in [0.15, 0.2) is 0 Å². The van der Waals surface area contributed by atoms with Crippen LogP contribution >= 0.6 is 0 Å². The lowest BCUT2D eigenvalue weighted by atomic mass is 10.1. The van der Waals surface area contributed by atoms with Crippen LogP contribution in [0.2, 0.25) is 0 Å². The van der Waals surface area contributed by atoms with Crippen LogP contribution in [0.5, 0.6) is 0 Å². The van der Waals surface area contributed by atoms with Crippen LogP contribution < -0.4 is 5.73 Å². The Morgan fingerprint density at radius 3 is 2.47 bits per heavy atom. The monoisotopic (exact) mass is 202 g/mol. The second kappa shape index (κ2) is 3.73. The first-order valence-electron chi connectivity index (χ1n) is 4.86. The highest BCUT2D eigenvalue weighted by Crippen LogP contribution is 2.09. The van der Waals surface area contributed by atoms with E-state index in [0.29, 0.717) is 0 Å². The fourth-order valence-corrected chi connectivity index (χ4v) is 1.53. The Morgan fingerprint density at radius 2 is 1.93 bits per heavy atom. The summed E-state index contributed by atoms with van der Waals surface area (Å²) < 4.78 is 1.81. The van der Waals surface area contributed by atoms with Gasteiger partial charge >= 0.3 is 0 Å². The van der Waals surface area contributed by atoms with Gasteiger partial charge in [0.2, 0.25) is 0 Å². The van der Waals surface area contributed by atoms with E-state index in [0.717, 1.165) is 23.8 Å². The predicted molar refractivity (Wildman–Crippen MR) is 59.4 cm³/mol. The molecule has 1 aromatic carbocycles. The molecule has 0 atom stereocenters. The summed E-state index contributed by atoms with van der Waals surface area (Å²) in [6.07, 6.45) is 0.789. The molecule has 1 aromatic heterocycles. The Hall–Kier alpha value is -1.84. The van der Waals surface area contributed by atoms with Crippen LogP contribution in [0.3, 0.4) is 0 Å². The van der Waals surface area contributed by atoms with Crippen LogP contribution in [-0.2, 0) is 13.5 Å². The van der Waals surface area contributed by atoms with E-state index in [-0.39, 0.29) is 0 Å². The lowest BCUT2D eigenvalue weighted by Gasteiger charge is -2.01. The number of rotatable bonds is 2. The Labute approximate surface area is 88.8 Å². The molecule has 1 heterocycles. The number of hydrogen-bond donors (Lipinski definition) is 1. The molecule has 4 nitrogen and oxygen atoms in total. The molecule has 2 aromatic rings. The maximum Gasteiger partial charge on any atom is 0.147 e. The third-order valence-electron chi connectivity index (χ3n) is 2.30. The minimum Gasteiger partial charge on any atom is -0.399 e. The molecule has 0 spiro atoms. The molecule has 0 bridgehead atoms. The van der Waals surface area contributed by atoms with Crippen LogP contribution in [-0.4, -0.2) is 14.8 Å². The van der Waals surface area contributed by atoms with E-state index in [1.165, 1.54) is 5.56 Å². The van der Waals surface area contributed by atoms with E-state index in [1.807, 2.05) is 42.9 Å². The second-order valence-electron chi connectivity index (χ2n) is 3.62. The molecule has 2 rings (SSSR count). The zero-order chi connectivity index (χ0) is 10.8. The van der Waals surface area contributed by atoms with E-state index < -0.39 is 0 Å². The molecular weight excluding hydrogens is 188 g/mol. The summed E-state index contributed by atoms with van der Waals surface area (Å²) in [5.74, 6) is 1.78. The molecule has 0 fully saturated rings. The van der Waals surface area contributed by atoms with Gasteiger partial charge in [0.05, 0.1) is 0 Å². The third kappa shape index (κ3) is 2.15. The van der Waals surface area contributed by atoms with Crippen molar-refractivity contribution < 1.29 is 0 Å². The van der Waals surface area contributed by atoms with Gasteiger partial charge < -0.3 is 5.73 Å². The van der Waals surface area contributed by atoms with Crippen LogP contribution in [0.25, 0.3) is 0 Å². The van der Waals surface area contributed by atoms with E-state index in [9.17, 15) is 0 Å². The average Bonchev–Trinajstić information content (AvgIpc) is 2.49. The number of nitrogens with two attached hydrogens (primary N) is 1. The standard InChI is InChI=1S/C11H14N4/c1-8-13-11(15(2)14-8)7-9-3-5-10(12)6-4-9/h3-6H,7,12H2,1-2H3. The van der Waals surface area contributed by atoms with Gasteiger partial charge in [-0.25, -0.2) is 4.98 Å². The SMILES string of the molecule is Cc1nc(Cc2ccc(N)cc2)n(C)n1. The zero-order valence-electron chi connectivity index (χ0n) is 8.94. The van der Waals surface area contributed by atoms with Crippen molar-refractivity contribution in [3.63, 3.8) is 0 Å². The zero-order valence-corrected chi connectivity index (χ0v) is 8.94. The lowest BCUT2D eigenvalue weighted by molar-refractivity contribution is 0.712. The Morgan fingerprint density at radius 1 is 1.27 bits per heavy atom. The van der Waals surface area contributed by atoms with Crippen LogP contribution in [0.4, 0.5) is 5.69 Å². The molecule has 78 valence electrons. The molecule has 0 aliphatic rings. The van der Waals surface area contributed by atoms with Crippen molar-refractivity contribution >= 4 is 5.69 Å². The number of aromatic nitrogens is 3. The molecule has 0 radical (unpaired) electrons. The highest BCUT2D eigenvalue weighted by molar-refractivity contribution is 5.39. The fourth-order valence-electron chi connectivity index (χ4n) is 1.53. The first-order chi connectivity index (χ1) is 7.15. The van der Waals surface area contributed by atoms with E-state index in [2.05, 4.69) is 10.1 Å². The first kappa shape index (κ1) is 9.71. The third-order valence-corrected chi connectivity index (χ3v) is 2.30. The molecule has 0 aliphatic heterocycles. The van der Waals surface area contributed by atoms with Crippen LogP contribution in [0.15, 0.2) is 24.3 Å². The van der Waals surface area contributed by atoms with E-state index in [1.54, 1.807) is 0 Å². The van der Waals surface area contributed by atoms with E-state index in [4.69, 9.17) is 5.73 Å². The molecule has 15 heavy (non-hydrogen) atoms. The smallest absolute Gasteiger partial charge is 0.147 e. The van der Waals surface area contributed by atoms with Crippen molar-refractivity contribution in [2.24, 2.45) is 7.05 Å². The molecule has 0 aliphatic carbocycles. The molecular formula is C11H14N4. The summed E-state index contributed by atoms with van der Waals surface area (Å²) in [5.41, 5.74) is 7.60. The van der Waals surface area contributed by atoms with Gasteiger partial charge in [-0.15, -0.1) is 0 Å². The summed E-state index contributed by atoms with van der Waals surface area (Å²) in [7, 11) is 1.91. The van der Waals surface area contributed by atoms with Crippen molar-refractivity contribution in [3.05, 3.63) is 41.5 Å². The summed E-state index contributed by atoms with van der Waals surface area (Å²) >= 11 is 0. The normalized spacial score (nSPS) is 10.5. The summed E-state index contributed by atoms with van der Waals surface area (Å²) in [6, 6.07) is 7.83. The molecule has 0 saturated carbocycles. The maximum absolute atomic E-state index is 5.62. The minimum atomic E-state index is 0.785. The average molecular weight is 202 g/mol. The molecule has 0 saturated heterocycles. The van der Waals surface area contributed by atoms with Gasteiger partial charge in [0.25, 0.3) is 0 Å². The quantitative estimate of drug-likeness (QED) is 0.747. The van der Waals surface area contributed by atoms with Gasteiger partial charge in [0, 0.05) is 19.2 Å². The number of nitrogens with zero attached hydrogens (tertiary/aromatic N) is 3. The Bertz CT molecular complexity index is 456. The lowest BCUT2D eigenvalue weighted by Crippen LogP contribution is -2.00. The van der Waals surface area contributed by atoms with Gasteiger partial charge in [-0.2, -0.15) is 5.10 Å². The van der Waals surface area contributed by atoms with Gasteiger partial charge in [-0.05, 0) is 24.6 Å². The Balaban J connectivity index is 2.21. The number of hydrogen-bond acceptors (Lipinski definition) is 3. The molecule has 4 heteroatoms. The molecule has 0 unspecified atom stereocenters.